The average Bonchev–Trinajstić information content (AvgIpc) is 3.01. The molecule has 0 bridgehead atoms. The molecule has 0 amide bonds. The zero-order valence-electron chi connectivity index (χ0n) is 22.9. The number of hydrogen-bond donors (Lipinski definition) is 0. The van der Waals surface area contributed by atoms with Gasteiger partial charge in [-0.25, -0.2) is 0 Å². The van der Waals surface area contributed by atoms with E-state index >= 15 is 0 Å². The van der Waals surface area contributed by atoms with E-state index < -0.39 is 0 Å². The number of ether oxygens (including phenoxy) is 2. The second-order valence-corrected chi connectivity index (χ2v) is 9.03. The second-order valence-electron chi connectivity index (χ2n) is 7.69. The van der Waals surface area contributed by atoms with Crippen LogP contribution in [0.4, 0.5) is 0 Å². The third kappa shape index (κ3) is 22.0. The van der Waals surface area contributed by atoms with Crippen LogP contribution in [0.3, 0.4) is 0 Å². The molecule has 1 aromatic rings. The summed E-state index contributed by atoms with van der Waals surface area (Å²) in [6.07, 6.45) is 9.32. The summed E-state index contributed by atoms with van der Waals surface area (Å²) >= 11 is 1.36. The van der Waals surface area contributed by atoms with Gasteiger partial charge >= 0.3 is 245 Å². The maximum atomic E-state index is 7.50. The molecule has 2 rings (SSSR count). The molecule has 0 N–H and O–H groups in total. The first kappa shape index (κ1) is 43.5. The van der Waals surface area contributed by atoms with E-state index in [9.17, 15) is 0 Å². The number of benzene rings is 1. The Morgan fingerprint density at radius 2 is 1.49 bits per heavy atom. The molecular weight excluding hydrogens is 670 g/mol. The zero-order chi connectivity index (χ0) is 31.1. The van der Waals surface area contributed by atoms with Gasteiger partial charge in [-0.15, -0.1) is 0 Å². The molecule has 0 aliphatic carbocycles. The van der Waals surface area contributed by atoms with E-state index in [1.807, 2.05) is 0 Å². The van der Waals surface area contributed by atoms with Crippen LogP contribution in [0.1, 0.15) is 46.1 Å². The molecule has 0 saturated carbocycles. The number of hydrogen-bond acceptors (Lipinski definition) is 3. The summed E-state index contributed by atoms with van der Waals surface area (Å²) in [5.41, 5.74) is 5.13. The van der Waals surface area contributed by atoms with Crippen molar-refractivity contribution in [3.8, 4) is 0 Å². The first-order chi connectivity index (χ1) is 19.0. The number of allylic oxidation sites excluding steroid dienone is 3. The molecule has 208 valence electrons. The normalized spacial score (nSPS) is 12.5. The summed E-state index contributed by atoms with van der Waals surface area (Å²) in [7, 11) is 0. The van der Waals surface area contributed by atoms with E-state index in [1.165, 1.54) is 41.6 Å². The van der Waals surface area contributed by atoms with E-state index in [2.05, 4.69) is 115 Å². The van der Waals surface area contributed by atoms with Gasteiger partial charge in [0.05, 0.1) is 0 Å². The van der Waals surface area contributed by atoms with Gasteiger partial charge in [0, 0.05) is 0 Å². The van der Waals surface area contributed by atoms with E-state index in [4.69, 9.17) is 32.7 Å². The van der Waals surface area contributed by atoms with Crippen LogP contribution >= 0.6 is 0 Å². The Morgan fingerprint density at radius 3 is 1.95 bits per heavy atom. The summed E-state index contributed by atoms with van der Waals surface area (Å²) in [5.74, 6) is 0.485. The molecule has 1 atom stereocenters. The van der Waals surface area contributed by atoms with Gasteiger partial charge < -0.3 is 0 Å². The second kappa shape index (κ2) is 33.4. The van der Waals surface area contributed by atoms with Gasteiger partial charge in [0.15, 0.2) is 0 Å². The van der Waals surface area contributed by atoms with Crippen LogP contribution in [0.2, 0.25) is 0 Å². The minimum atomic E-state index is 0.485. The van der Waals surface area contributed by atoms with Crippen LogP contribution in [0, 0.1) is 39.2 Å². The SMILES string of the molecule is CCO[C](=[W])C(=CN1CCOCC1)/C(=C/[C@@H](C)CCC=C(C)C)c1ccccc1.[C-]#[O+].[C-]#[O+].[C-]#[O+].[C-]#[O+].[C-]#[O+]. The standard InChI is InChI=1S/C25H35NO2.5CO.W/c1-5-27-20-24(19-26-14-16-28-17-15-26)25(23-12-7-6-8-13-23)18-22(4)11-9-10-21(2)3;5*1-2;/h6-8,10,12-13,18-19,22H,5,9,11,14-17H2,1-4H3;;;;;;/b24-19?,25-18+;;;;;;/t22-;;;;;;/m0....../s1. The predicted octanol–water partition coefficient (Wildman–Crippen LogP) is 5.19. The number of morpholine rings is 1. The van der Waals surface area contributed by atoms with Crippen molar-refractivity contribution in [3.05, 3.63) is 98.6 Å². The van der Waals surface area contributed by atoms with Gasteiger partial charge in [0.2, 0.25) is 0 Å². The van der Waals surface area contributed by atoms with Gasteiger partial charge in [-0.05, 0) is 0 Å². The molecule has 1 aliphatic heterocycles. The fraction of sp³-hybridized carbons (Fsp3) is 0.400. The van der Waals surface area contributed by atoms with Crippen molar-refractivity contribution in [2.24, 2.45) is 5.92 Å². The molecule has 0 spiro atoms. The fourth-order valence-corrected chi connectivity index (χ4v) is 4.30. The van der Waals surface area contributed by atoms with E-state index in [-0.39, 0.29) is 0 Å². The summed E-state index contributed by atoms with van der Waals surface area (Å²) in [6.45, 7) is 35.3. The Hall–Kier alpha value is -2.58. The van der Waals surface area contributed by atoms with Crippen molar-refractivity contribution in [1.82, 2.24) is 4.90 Å². The van der Waals surface area contributed by atoms with Crippen LogP contribution in [0.5, 0.6) is 0 Å². The van der Waals surface area contributed by atoms with E-state index in [1.54, 1.807) is 0 Å². The van der Waals surface area contributed by atoms with Crippen molar-refractivity contribution in [1.29, 1.82) is 0 Å². The van der Waals surface area contributed by atoms with Gasteiger partial charge in [-0.1, -0.05) is 0 Å². The molecule has 1 aromatic carbocycles. The Morgan fingerprint density at radius 1 is 0.974 bits per heavy atom. The molecule has 1 saturated heterocycles. The topological polar surface area (TPSA) is 121 Å². The minimum absolute atomic E-state index is 0.485. The average molecular weight is 705 g/mol. The first-order valence-electron chi connectivity index (χ1n) is 11.6. The molecule has 0 aromatic heterocycles. The number of nitrogens with zero attached hydrogens (tertiary/aromatic N) is 1. The summed E-state index contributed by atoms with van der Waals surface area (Å²) in [5, 5.41) is 0. The molecule has 1 heterocycles. The van der Waals surface area contributed by atoms with E-state index in [0.29, 0.717) is 12.5 Å². The predicted molar refractivity (Wildman–Crippen MR) is 139 cm³/mol. The summed E-state index contributed by atoms with van der Waals surface area (Å²) in [6, 6.07) is 10.7. The van der Waals surface area contributed by atoms with Crippen molar-refractivity contribution in [2.45, 2.75) is 40.5 Å². The summed E-state index contributed by atoms with van der Waals surface area (Å²) < 4.78 is 50.1. The Kier molecular flexibility index (Phi) is 37.3. The first-order valence-corrected chi connectivity index (χ1v) is 13.1. The third-order valence-electron chi connectivity index (χ3n) is 4.85. The van der Waals surface area contributed by atoms with Crippen molar-refractivity contribution in [3.63, 3.8) is 0 Å². The third-order valence-corrected chi connectivity index (χ3v) is 6.07. The maximum absolute atomic E-state index is 7.50. The van der Waals surface area contributed by atoms with Crippen LogP contribution in [-0.4, -0.2) is 41.9 Å². The Balaban J connectivity index is -0.000000549. The van der Waals surface area contributed by atoms with Gasteiger partial charge in [-0.2, -0.15) is 0 Å². The van der Waals surface area contributed by atoms with Crippen molar-refractivity contribution < 1.29 is 52.1 Å². The molecule has 39 heavy (non-hydrogen) atoms. The van der Waals surface area contributed by atoms with Crippen LogP contribution in [0.25, 0.3) is 5.57 Å². The fourth-order valence-electron chi connectivity index (χ4n) is 3.29. The molecular formula is C30H35NO7W. The van der Waals surface area contributed by atoms with Crippen molar-refractivity contribution >= 4 is 9.66 Å². The van der Waals surface area contributed by atoms with Crippen molar-refractivity contribution in [2.75, 3.05) is 32.9 Å². The van der Waals surface area contributed by atoms with Gasteiger partial charge in [0.1, 0.15) is 0 Å². The van der Waals surface area contributed by atoms with Crippen LogP contribution in [-0.2, 0) is 52.1 Å². The molecule has 1 fully saturated rings. The van der Waals surface area contributed by atoms with E-state index in [0.717, 1.165) is 43.2 Å². The quantitative estimate of drug-likeness (QED) is 0.144. The molecule has 8 nitrogen and oxygen atoms in total. The van der Waals surface area contributed by atoms with Gasteiger partial charge in [-0.3, -0.25) is 0 Å². The molecule has 9 heteroatoms. The van der Waals surface area contributed by atoms with Crippen LogP contribution in [0.15, 0.2) is 59.8 Å². The Labute approximate surface area is 244 Å². The Bertz CT molecular complexity index is 912. The summed E-state index contributed by atoms with van der Waals surface area (Å²) in [4.78, 5) is 2.37. The molecule has 0 radical (unpaired) electrons. The van der Waals surface area contributed by atoms with Crippen LogP contribution < -0.4 is 0 Å². The van der Waals surface area contributed by atoms with Gasteiger partial charge in [0.25, 0.3) is 0 Å². The monoisotopic (exact) mass is 705 g/mol. The zero-order valence-corrected chi connectivity index (χ0v) is 25.8. The number of rotatable bonds is 10. The molecule has 1 aliphatic rings. The molecule has 0 unspecified atom stereocenters.